The van der Waals surface area contributed by atoms with Gasteiger partial charge in [-0.05, 0) is 37.1 Å². The molecule has 154 valence electrons. The topological polar surface area (TPSA) is 93.3 Å². The summed E-state index contributed by atoms with van der Waals surface area (Å²) in [4.78, 5) is 30.2. The first-order valence-electron chi connectivity index (χ1n) is 9.90. The summed E-state index contributed by atoms with van der Waals surface area (Å²) in [5, 5.41) is 15.3. The molecule has 8 heteroatoms. The van der Waals surface area contributed by atoms with E-state index in [9.17, 15) is 14.9 Å². The van der Waals surface area contributed by atoms with Crippen LogP contribution < -0.4 is 10.2 Å². The van der Waals surface area contributed by atoms with Gasteiger partial charge in [0.25, 0.3) is 5.69 Å². The van der Waals surface area contributed by atoms with Crippen LogP contribution in [0.4, 0.5) is 17.1 Å². The summed E-state index contributed by atoms with van der Waals surface area (Å²) in [5.41, 5.74) is 1.77. The van der Waals surface area contributed by atoms with Gasteiger partial charge in [0.1, 0.15) is 5.69 Å². The third-order valence-corrected chi connectivity index (χ3v) is 5.37. The second-order valence-corrected chi connectivity index (χ2v) is 7.45. The van der Waals surface area contributed by atoms with Gasteiger partial charge in [-0.15, -0.1) is 0 Å². The predicted octanol–water partition coefficient (Wildman–Crippen LogP) is 3.64. The summed E-state index contributed by atoms with van der Waals surface area (Å²) in [6.45, 7) is 1.39. The van der Waals surface area contributed by atoms with Crippen molar-refractivity contribution in [1.82, 2.24) is 9.55 Å². The molecule has 0 spiro atoms. The molecule has 0 saturated carbocycles. The zero-order valence-corrected chi connectivity index (χ0v) is 16.7. The molecule has 4 rings (SSSR count). The highest BCUT2D eigenvalue weighted by molar-refractivity contribution is 6.07. The third kappa shape index (κ3) is 4.03. The monoisotopic (exact) mass is 405 g/mol. The number of piperidine rings is 1. The van der Waals surface area contributed by atoms with Crippen molar-refractivity contribution in [3.05, 3.63) is 82.4 Å². The second-order valence-electron chi connectivity index (χ2n) is 7.45. The van der Waals surface area contributed by atoms with Crippen LogP contribution in [-0.4, -0.2) is 39.4 Å². The number of rotatable bonds is 6. The molecule has 0 amide bonds. The van der Waals surface area contributed by atoms with E-state index in [0.29, 0.717) is 12.2 Å². The van der Waals surface area contributed by atoms with E-state index in [-0.39, 0.29) is 28.9 Å². The Morgan fingerprint density at radius 1 is 1.23 bits per heavy atom. The fourth-order valence-electron chi connectivity index (χ4n) is 3.88. The maximum absolute atomic E-state index is 12.7. The Balaban J connectivity index is 1.58. The van der Waals surface area contributed by atoms with Crippen LogP contribution in [0.1, 0.15) is 29.0 Å². The molecule has 8 nitrogen and oxygen atoms in total. The summed E-state index contributed by atoms with van der Waals surface area (Å²) in [6, 6.07) is 14.8. The molecule has 2 aromatic carbocycles. The molecule has 30 heavy (non-hydrogen) atoms. The van der Waals surface area contributed by atoms with Crippen molar-refractivity contribution in [2.24, 2.45) is 7.05 Å². The van der Waals surface area contributed by atoms with Crippen LogP contribution in [0.2, 0.25) is 0 Å². The number of imidazole rings is 1. The summed E-state index contributed by atoms with van der Waals surface area (Å²) in [7, 11) is 1.72. The summed E-state index contributed by atoms with van der Waals surface area (Å²) < 4.78 is 1.60. The number of nitrogens with one attached hydrogen (secondary N) is 1. The van der Waals surface area contributed by atoms with E-state index in [0.717, 1.165) is 25.1 Å². The molecule has 0 bridgehead atoms. The number of nitro groups is 1. The first-order valence-corrected chi connectivity index (χ1v) is 9.90. The predicted molar refractivity (Wildman–Crippen MR) is 115 cm³/mol. The number of carbonyl (C=O) groups excluding carboxylic acids is 1. The fraction of sp³-hybridized carbons (Fsp3) is 0.273. The van der Waals surface area contributed by atoms with Crippen molar-refractivity contribution >= 4 is 22.8 Å². The quantitative estimate of drug-likeness (QED) is 0.382. The number of para-hydroxylation sites is 1. The largest absolute Gasteiger partial charge is 0.381 e. The number of aryl methyl sites for hydroxylation is 1. The van der Waals surface area contributed by atoms with Gasteiger partial charge in [0, 0.05) is 55.9 Å². The maximum atomic E-state index is 12.7. The normalized spacial score (nSPS) is 16.3. The lowest BCUT2D eigenvalue weighted by molar-refractivity contribution is -0.384. The zero-order valence-electron chi connectivity index (χ0n) is 16.7. The van der Waals surface area contributed by atoms with Crippen LogP contribution in [-0.2, 0) is 7.05 Å². The smallest absolute Gasteiger partial charge is 0.293 e. The van der Waals surface area contributed by atoms with Crippen LogP contribution in [0, 0.1) is 10.1 Å². The van der Waals surface area contributed by atoms with Gasteiger partial charge in [0.05, 0.1) is 4.92 Å². The van der Waals surface area contributed by atoms with E-state index >= 15 is 0 Å². The lowest BCUT2D eigenvalue weighted by Gasteiger charge is -2.35. The van der Waals surface area contributed by atoms with Crippen LogP contribution in [0.3, 0.4) is 0 Å². The van der Waals surface area contributed by atoms with Crippen molar-refractivity contribution in [1.29, 1.82) is 0 Å². The van der Waals surface area contributed by atoms with Crippen LogP contribution in [0.5, 0.6) is 0 Å². The molecule has 0 radical (unpaired) electrons. The minimum absolute atomic E-state index is 0.0598. The lowest BCUT2D eigenvalue weighted by Crippen LogP contribution is -2.42. The first-order chi connectivity index (χ1) is 14.5. The highest BCUT2D eigenvalue weighted by Gasteiger charge is 2.27. The summed E-state index contributed by atoms with van der Waals surface area (Å²) in [5.74, 6) is -0.0819. The average molecular weight is 405 g/mol. The Morgan fingerprint density at radius 2 is 2.03 bits per heavy atom. The Labute approximate surface area is 174 Å². The van der Waals surface area contributed by atoms with Crippen molar-refractivity contribution < 1.29 is 9.72 Å². The van der Waals surface area contributed by atoms with Crippen molar-refractivity contribution in [3.8, 4) is 0 Å². The van der Waals surface area contributed by atoms with Crippen molar-refractivity contribution in [2.45, 2.75) is 18.9 Å². The number of carbonyl (C=O) groups is 1. The van der Waals surface area contributed by atoms with Gasteiger partial charge in [0.15, 0.2) is 5.82 Å². The van der Waals surface area contributed by atoms with Crippen molar-refractivity contribution in [3.63, 3.8) is 0 Å². The first kappa shape index (κ1) is 19.6. The number of aromatic nitrogens is 2. The molecule has 1 saturated heterocycles. The SMILES string of the molecule is Cn1ccnc1C(=O)c1ccc(N2CCCC(Nc3ccccc3)C2)c([N+](=O)[O-])c1. The Morgan fingerprint density at radius 3 is 2.73 bits per heavy atom. The van der Waals surface area contributed by atoms with Crippen molar-refractivity contribution in [2.75, 3.05) is 23.3 Å². The number of benzene rings is 2. The minimum atomic E-state index is -0.418. The molecule has 1 aliphatic heterocycles. The lowest BCUT2D eigenvalue weighted by atomic mass is 10.0. The Bertz CT molecular complexity index is 1060. The van der Waals surface area contributed by atoms with Gasteiger partial charge in [-0.3, -0.25) is 14.9 Å². The number of nitrogens with zero attached hydrogens (tertiary/aromatic N) is 4. The van der Waals surface area contributed by atoms with Gasteiger partial charge in [-0.1, -0.05) is 18.2 Å². The fourth-order valence-corrected chi connectivity index (χ4v) is 3.88. The second kappa shape index (κ2) is 8.36. The summed E-state index contributed by atoms with van der Waals surface area (Å²) in [6.07, 6.45) is 5.12. The molecular weight excluding hydrogens is 382 g/mol. The number of anilines is 2. The minimum Gasteiger partial charge on any atom is -0.381 e. The molecule has 1 aliphatic rings. The van der Waals surface area contributed by atoms with Gasteiger partial charge >= 0.3 is 0 Å². The van der Waals surface area contributed by atoms with Crippen LogP contribution in [0.25, 0.3) is 0 Å². The van der Waals surface area contributed by atoms with Gasteiger partial charge in [-0.2, -0.15) is 0 Å². The van der Waals surface area contributed by atoms with Gasteiger partial charge < -0.3 is 14.8 Å². The van der Waals surface area contributed by atoms with Gasteiger partial charge in [0.2, 0.25) is 5.78 Å². The van der Waals surface area contributed by atoms with E-state index in [1.807, 2.05) is 35.2 Å². The number of hydrogen-bond donors (Lipinski definition) is 1. The van der Waals surface area contributed by atoms with E-state index in [1.165, 1.54) is 12.3 Å². The Kier molecular flexibility index (Phi) is 5.47. The van der Waals surface area contributed by atoms with Crippen LogP contribution in [0.15, 0.2) is 60.9 Å². The highest BCUT2D eigenvalue weighted by Crippen LogP contribution is 2.32. The standard InChI is InChI=1S/C22H23N5O3/c1-25-13-11-23-22(25)21(28)16-9-10-19(20(14-16)27(29)30)26-12-5-8-18(15-26)24-17-6-3-2-4-7-17/h2-4,6-7,9-11,13-14,18,24H,5,8,12,15H2,1H3. The highest BCUT2D eigenvalue weighted by atomic mass is 16.6. The van der Waals surface area contributed by atoms with Gasteiger partial charge in [-0.25, -0.2) is 4.98 Å². The number of ketones is 1. The number of hydrogen-bond acceptors (Lipinski definition) is 6. The molecule has 1 atom stereocenters. The zero-order chi connectivity index (χ0) is 21.1. The molecule has 0 aliphatic carbocycles. The average Bonchev–Trinajstić information content (AvgIpc) is 3.19. The molecule has 3 aromatic rings. The molecule has 1 aromatic heterocycles. The van der Waals surface area contributed by atoms with E-state index in [2.05, 4.69) is 10.3 Å². The number of nitro benzene ring substituents is 1. The molecule has 1 fully saturated rings. The van der Waals surface area contributed by atoms with E-state index in [4.69, 9.17) is 0 Å². The molecular formula is C22H23N5O3. The Hall–Kier alpha value is -3.68. The maximum Gasteiger partial charge on any atom is 0.293 e. The molecule has 2 heterocycles. The molecule has 1 N–H and O–H groups in total. The van der Waals surface area contributed by atoms with E-state index in [1.54, 1.807) is 29.9 Å². The van der Waals surface area contributed by atoms with Crippen LogP contribution >= 0.6 is 0 Å². The molecule has 1 unspecified atom stereocenters. The summed E-state index contributed by atoms with van der Waals surface area (Å²) >= 11 is 0. The van der Waals surface area contributed by atoms with E-state index < -0.39 is 4.92 Å². The third-order valence-electron chi connectivity index (χ3n) is 5.37.